The predicted octanol–water partition coefficient (Wildman–Crippen LogP) is 1.96. The van der Waals surface area contributed by atoms with Gasteiger partial charge in [0, 0.05) is 12.6 Å². The number of anilines is 2. The SMILES string of the molecule is CC(O)CNc1cc(Br)c(F)cc1N. The summed E-state index contributed by atoms with van der Waals surface area (Å²) in [7, 11) is 0. The minimum Gasteiger partial charge on any atom is -0.397 e. The summed E-state index contributed by atoms with van der Waals surface area (Å²) < 4.78 is 13.3. The Morgan fingerprint density at radius 3 is 2.86 bits per heavy atom. The molecule has 0 aliphatic carbocycles. The van der Waals surface area contributed by atoms with E-state index >= 15 is 0 Å². The molecular formula is C9H12BrFN2O. The quantitative estimate of drug-likeness (QED) is 0.730. The van der Waals surface area contributed by atoms with Crippen LogP contribution in [0.2, 0.25) is 0 Å². The third-order valence-electron chi connectivity index (χ3n) is 1.68. The molecule has 0 saturated carbocycles. The Morgan fingerprint density at radius 2 is 2.29 bits per heavy atom. The van der Waals surface area contributed by atoms with Crippen molar-refractivity contribution in [2.24, 2.45) is 0 Å². The first kappa shape index (κ1) is 11.3. The van der Waals surface area contributed by atoms with Crippen LogP contribution in [0.5, 0.6) is 0 Å². The number of halogens is 2. The van der Waals surface area contributed by atoms with E-state index in [1.54, 1.807) is 13.0 Å². The van der Waals surface area contributed by atoms with E-state index in [2.05, 4.69) is 21.2 Å². The van der Waals surface area contributed by atoms with Crippen LogP contribution in [-0.4, -0.2) is 17.8 Å². The lowest BCUT2D eigenvalue weighted by atomic mass is 10.2. The molecule has 1 aromatic rings. The van der Waals surface area contributed by atoms with Gasteiger partial charge in [-0.25, -0.2) is 4.39 Å². The maximum absolute atomic E-state index is 13.0. The molecule has 0 radical (unpaired) electrons. The maximum atomic E-state index is 13.0. The van der Waals surface area contributed by atoms with E-state index in [9.17, 15) is 4.39 Å². The molecule has 0 saturated heterocycles. The summed E-state index contributed by atoms with van der Waals surface area (Å²) >= 11 is 3.05. The van der Waals surface area contributed by atoms with Crippen molar-refractivity contribution in [2.75, 3.05) is 17.6 Å². The number of nitrogens with one attached hydrogen (secondary N) is 1. The predicted molar refractivity (Wildman–Crippen MR) is 58.7 cm³/mol. The zero-order valence-electron chi connectivity index (χ0n) is 7.72. The van der Waals surface area contributed by atoms with Gasteiger partial charge in [-0.2, -0.15) is 0 Å². The Hall–Kier alpha value is -0.810. The highest BCUT2D eigenvalue weighted by Gasteiger charge is 2.06. The average Bonchev–Trinajstić information content (AvgIpc) is 2.09. The molecule has 1 atom stereocenters. The van der Waals surface area contributed by atoms with Gasteiger partial charge in [-0.3, -0.25) is 0 Å². The van der Waals surface area contributed by atoms with Gasteiger partial charge >= 0.3 is 0 Å². The second-order valence-electron chi connectivity index (χ2n) is 3.08. The zero-order chi connectivity index (χ0) is 10.7. The Labute approximate surface area is 90.2 Å². The lowest BCUT2D eigenvalue weighted by Crippen LogP contribution is -2.16. The summed E-state index contributed by atoms with van der Waals surface area (Å²) in [6.07, 6.45) is -0.474. The first-order valence-corrected chi connectivity index (χ1v) is 4.96. The molecule has 0 aliphatic heterocycles. The average molecular weight is 263 g/mol. The third kappa shape index (κ3) is 2.85. The largest absolute Gasteiger partial charge is 0.397 e. The zero-order valence-corrected chi connectivity index (χ0v) is 9.31. The van der Waals surface area contributed by atoms with E-state index in [4.69, 9.17) is 10.8 Å². The summed E-state index contributed by atoms with van der Waals surface area (Å²) in [5, 5.41) is 11.9. The van der Waals surface area contributed by atoms with Crippen molar-refractivity contribution in [1.82, 2.24) is 0 Å². The fraction of sp³-hybridized carbons (Fsp3) is 0.333. The van der Waals surface area contributed by atoms with Crippen molar-refractivity contribution in [3.05, 3.63) is 22.4 Å². The fourth-order valence-electron chi connectivity index (χ4n) is 0.973. The van der Waals surface area contributed by atoms with Crippen LogP contribution in [0.25, 0.3) is 0 Å². The van der Waals surface area contributed by atoms with Gasteiger partial charge in [0.25, 0.3) is 0 Å². The van der Waals surface area contributed by atoms with Crippen LogP contribution in [0.4, 0.5) is 15.8 Å². The summed E-state index contributed by atoms with van der Waals surface area (Å²) in [5.41, 5.74) is 6.51. The van der Waals surface area contributed by atoms with E-state index < -0.39 is 11.9 Å². The standard InChI is InChI=1S/C9H12BrFN2O/c1-5(14)4-13-9-2-6(10)7(11)3-8(9)12/h2-3,5,13-14H,4,12H2,1H3. The number of hydrogen-bond acceptors (Lipinski definition) is 3. The number of rotatable bonds is 3. The summed E-state index contributed by atoms with van der Waals surface area (Å²) in [6, 6.07) is 2.78. The van der Waals surface area contributed by atoms with Crippen molar-refractivity contribution >= 4 is 27.3 Å². The molecule has 0 heterocycles. The normalized spacial score (nSPS) is 12.6. The minimum atomic E-state index is -0.474. The van der Waals surface area contributed by atoms with Gasteiger partial charge in [0.1, 0.15) is 5.82 Å². The molecule has 14 heavy (non-hydrogen) atoms. The number of aliphatic hydroxyl groups excluding tert-OH is 1. The van der Waals surface area contributed by atoms with Crippen LogP contribution in [-0.2, 0) is 0 Å². The Kier molecular flexibility index (Phi) is 3.71. The van der Waals surface area contributed by atoms with Gasteiger partial charge in [-0.1, -0.05) is 0 Å². The lowest BCUT2D eigenvalue weighted by molar-refractivity contribution is 0.208. The van der Waals surface area contributed by atoms with Crippen molar-refractivity contribution in [3.63, 3.8) is 0 Å². The first-order valence-electron chi connectivity index (χ1n) is 4.17. The minimum absolute atomic E-state index is 0.325. The van der Waals surface area contributed by atoms with Crippen LogP contribution in [0.15, 0.2) is 16.6 Å². The monoisotopic (exact) mass is 262 g/mol. The molecule has 1 rings (SSSR count). The topological polar surface area (TPSA) is 58.3 Å². The van der Waals surface area contributed by atoms with E-state index in [0.717, 1.165) is 0 Å². The van der Waals surface area contributed by atoms with Gasteiger partial charge in [0.05, 0.1) is 22.0 Å². The van der Waals surface area contributed by atoms with E-state index in [1.807, 2.05) is 0 Å². The molecular weight excluding hydrogens is 251 g/mol. The second kappa shape index (κ2) is 4.61. The first-order chi connectivity index (χ1) is 6.50. The molecule has 0 spiro atoms. The molecule has 4 N–H and O–H groups in total. The van der Waals surface area contributed by atoms with Gasteiger partial charge in [0.2, 0.25) is 0 Å². The number of hydrogen-bond donors (Lipinski definition) is 3. The fourth-order valence-corrected chi connectivity index (χ4v) is 1.32. The maximum Gasteiger partial charge on any atom is 0.139 e. The molecule has 1 aromatic carbocycles. The molecule has 0 amide bonds. The second-order valence-corrected chi connectivity index (χ2v) is 3.94. The summed E-state index contributed by atoms with van der Waals surface area (Å²) in [4.78, 5) is 0. The van der Waals surface area contributed by atoms with Gasteiger partial charge in [-0.15, -0.1) is 0 Å². The van der Waals surface area contributed by atoms with Crippen molar-refractivity contribution in [3.8, 4) is 0 Å². The highest BCUT2D eigenvalue weighted by Crippen LogP contribution is 2.26. The molecule has 5 heteroatoms. The molecule has 0 bridgehead atoms. The summed E-state index contributed by atoms with van der Waals surface area (Å²) in [6.45, 7) is 2.03. The van der Waals surface area contributed by atoms with Crippen LogP contribution >= 0.6 is 15.9 Å². The molecule has 0 aromatic heterocycles. The van der Waals surface area contributed by atoms with Crippen LogP contribution < -0.4 is 11.1 Å². The van der Waals surface area contributed by atoms with Gasteiger partial charge in [0.15, 0.2) is 0 Å². The smallest absolute Gasteiger partial charge is 0.139 e. The van der Waals surface area contributed by atoms with E-state index in [0.29, 0.717) is 22.4 Å². The molecule has 1 unspecified atom stereocenters. The van der Waals surface area contributed by atoms with Crippen LogP contribution in [0.3, 0.4) is 0 Å². The van der Waals surface area contributed by atoms with Crippen LogP contribution in [0, 0.1) is 5.82 Å². The Balaban J connectivity index is 2.82. The number of aliphatic hydroxyl groups is 1. The lowest BCUT2D eigenvalue weighted by Gasteiger charge is -2.11. The van der Waals surface area contributed by atoms with Crippen molar-refractivity contribution in [1.29, 1.82) is 0 Å². The number of benzene rings is 1. The number of nitrogens with two attached hydrogens (primary N) is 1. The summed E-state index contributed by atoms with van der Waals surface area (Å²) in [5.74, 6) is -0.398. The number of nitrogen functional groups attached to an aromatic ring is 1. The highest BCUT2D eigenvalue weighted by molar-refractivity contribution is 9.10. The molecule has 0 fully saturated rings. The molecule has 78 valence electrons. The Bertz CT molecular complexity index is 331. The third-order valence-corrected chi connectivity index (χ3v) is 2.29. The van der Waals surface area contributed by atoms with Gasteiger partial charge < -0.3 is 16.2 Å². The van der Waals surface area contributed by atoms with Gasteiger partial charge in [-0.05, 0) is 28.9 Å². The molecule has 0 aliphatic rings. The van der Waals surface area contributed by atoms with Crippen molar-refractivity contribution < 1.29 is 9.50 Å². The Morgan fingerprint density at radius 1 is 1.64 bits per heavy atom. The van der Waals surface area contributed by atoms with E-state index in [-0.39, 0.29) is 0 Å². The molecule has 3 nitrogen and oxygen atoms in total. The van der Waals surface area contributed by atoms with Crippen LogP contribution in [0.1, 0.15) is 6.92 Å². The highest BCUT2D eigenvalue weighted by atomic mass is 79.9. The van der Waals surface area contributed by atoms with E-state index in [1.165, 1.54) is 6.07 Å². The van der Waals surface area contributed by atoms with Crippen molar-refractivity contribution in [2.45, 2.75) is 13.0 Å².